The third kappa shape index (κ3) is 5.32. The normalized spacial score (nSPS) is 30.2. The predicted octanol–water partition coefficient (Wildman–Crippen LogP) is 2.42. The molecule has 3 aliphatic heterocycles. The van der Waals surface area contributed by atoms with E-state index in [0.29, 0.717) is 38.7 Å². The number of carbonyl (C=O) groups is 3. The van der Waals surface area contributed by atoms with Crippen LogP contribution in [0.25, 0.3) is 0 Å². The summed E-state index contributed by atoms with van der Waals surface area (Å²) in [6.07, 6.45) is 1.95. The molecule has 0 bridgehead atoms. The summed E-state index contributed by atoms with van der Waals surface area (Å²) in [6.45, 7) is 15.8. The maximum atomic E-state index is 13.2. The summed E-state index contributed by atoms with van der Waals surface area (Å²) in [5.41, 5.74) is -3.34. The standard InChI is InChI=1S/C24H42BN3O7/c1-16(27-19(32)33-20(2,3)4)17(29)28-14-23(11-13-26-24(23,15-28)18(30)31)10-9-12-25-34-21(5,6)22(7,8)35-25/h16,26H,9-15H2,1-8H3,(H,27,32)(H,30,31)/t16?,23-,24-/m1/s1. The number of nitrogens with one attached hydrogen (secondary N) is 2. The zero-order chi connectivity index (χ0) is 26.4. The van der Waals surface area contributed by atoms with Crippen molar-refractivity contribution in [3.8, 4) is 0 Å². The molecule has 3 rings (SSSR count). The molecular weight excluding hydrogens is 453 g/mol. The van der Waals surface area contributed by atoms with Crippen LogP contribution in [0.3, 0.4) is 0 Å². The monoisotopic (exact) mass is 495 g/mol. The summed E-state index contributed by atoms with van der Waals surface area (Å²) < 4.78 is 17.5. The minimum Gasteiger partial charge on any atom is -0.480 e. The lowest BCUT2D eigenvalue weighted by Gasteiger charge is -2.35. The first-order valence-corrected chi connectivity index (χ1v) is 12.6. The van der Waals surface area contributed by atoms with Crippen LogP contribution in [0.15, 0.2) is 0 Å². The van der Waals surface area contributed by atoms with Gasteiger partial charge in [0.1, 0.15) is 17.2 Å². The molecule has 10 nitrogen and oxygen atoms in total. The number of fused-ring (bicyclic) bond motifs is 1. The Morgan fingerprint density at radius 3 is 2.29 bits per heavy atom. The van der Waals surface area contributed by atoms with Crippen LogP contribution in [0.1, 0.15) is 74.7 Å². The van der Waals surface area contributed by atoms with Gasteiger partial charge in [-0.1, -0.05) is 6.42 Å². The average Bonchev–Trinajstić information content (AvgIpc) is 3.24. The number of alkyl carbamates (subject to hydrolysis) is 1. The molecule has 3 atom stereocenters. The van der Waals surface area contributed by atoms with Gasteiger partial charge in [0.15, 0.2) is 0 Å². The van der Waals surface area contributed by atoms with Gasteiger partial charge in [0.2, 0.25) is 5.91 Å². The van der Waals surface area contributed by atoms with E-state index in [1.54, 1.807) is 32.6 Å². The lowest BCUT2D eigenvalue weighted by atomic mass is 9.68. The van der Waals surface area contributed by atoms with E-state index >= 15 is 0 Å². The number of nitrogens with zero attached hydrogens (tertiary/aromatic N) is 1. The molecule has 2 amide bonds. The van der Waals surface area contributed by atoms with Gasteiger partial charge in [0, 0.05) is 12.0 Å². The van der Waals surface area contributed by atoms with Gasteiger partial charge in [0.05, 0.1) is 17.7 Å². The van der Waals surface area contributed by atoms with Gasteiger partial charge in [-0.05, 0) is 81.1 Å². The van der Waals surface area contributed by atoms with Crippen LogP contribution in [-0.4, -0.2) is 83.1 Å². The number of rotatable bonds is 7. The fourth-order valence-electron chi connectivity index (χ4n) is 5.51. The van der Waals surface area contributed by atoms with Gasteiger partial charge >= 0.3 is 19.2 Å². The van der Waals surface area contributed by atoms with Crippen LogP contribution in [0.5, 0.6) is 0 Å². The Labute approximate surface area is 208 Å². The Hall–Kier alpha value is -1.85. The lowest BCUT2D eigenvalue weighted by molar-refractivity contribution is -0.147. The van der Waals surface area contributed by atoms with Gasteiger partial charge in [-0.25, -0.2) is 4.79 Å². The Kier molecular flexibility index (Phi) is 7.31. The maximum Gasteiger partial charge on any atom is 0.457 e. The smallest absolute Gasteiger partial charge is 0.457 e. The molecule has 3 aliphatic rings. The minimum absolute atomic E-state index is 0.0536. The van der Waals surface area contributed by atoms with Crippen molar-refractivity contribution in [2.75, 3.05) is 19.6 Å². The number of hydrogen-bond donors (Lipinski definition) is 3. The molecular formula is C24H42BN3O7. The van der Waals surface area contributed by atoms with Crippen LogP contribution in [-0.2, 0) is 23.6 Å². The number of carboxylic acid groups (broad SMARTS) is 1. The van der Waals surface area contributed by atoms with E-state index in [4.69, 9.17) is 14.0 Å². The summed E-state index contributed by atoms with van der Waals surface area (Å²) in [5.74, 6) is -1.27. The highest BCUT2D eigenvalue weighted by Gasteiger charge is 2.65. The second-order valence-electron chi connectivity index (χ2n) is 12.3. The van der Waals surface area contributed by atoms with E-state index in [2.05, 4.69) is 10.6 Å². The van der Waals surface area contributed by atoms with Gasteiger partial charge in [0.25, 0.3) is 0 Å². The van der Waals surface area contributed by atoms with Crippen LogP contribution < -0.4 is 10.6 Å². The van der Waals surface area contributed by atoms with Crippen molar-refractivity contribution in [1.29, 1.82) is 0 Å². The van der Waals surface area contributed by atoms with E-state index in [9.17, 15) is 19.5 Å². The van der Waals surface area contributed by atoms with E-state index in [-0.39, 0.29) is 19.6 Å². The van der Waals surface area contributed by atoms with Crippen LogP contribution in [0.2, 0.25) is 6.32 Å². The number of hydrogen-bond acceptors (Lipinski definition) is 7. The Morgan fingerprint density at radius 2 is 1.74 bits per heavy atom. The predicted molar refractivity (Wildman–Crippen MR) is 131 cm³/mol. The first-order chi connectivity index (χ1) is 15.9. The summed E-state index contributed by atoms with van der Waals surface area (Å²) in [4.78, 5) is 39.4. The average molecular weight is 495 g/mol. The first kappa shape index (κ1) is 27.7. The highest BCUT2D eigenvalue weighted by molar-refractivity contribution is 6.45. The van der Waals surface area contributed by atoms with Crippen LogP contribution >= 0.6 is 0 Å². The molecule has 35 heavy (non-hydrogen) atoms. The molecule has 198 valence electrons. The summed E-state index contributed by atoms with van der Waals surface area (Å²) in [6, 6.07) is -0.837. The van der Waals surface area contributed by atoms with Gasteiger partial charge in [-0.2, -0.15) is 0 Å². The number of ether oxygens (including phenoxy) is 1. The maximum absolute atomic E-state index is 13.2. The number of likely N-dealkylation sites (tertiary alicyclic amines) is 1. The number of carboxylic acids is 1. The van der Waals surface area contributed by atoms with E-state index < -0.39 is 45.9 Å². The van der Waals surface area contributed by atoms with Crippen molar-refractivity contribution in [2.24, 2.45) is 5.41 Å². The van der Waals surface area contributed by atoms with Gasteiger partial charge < -0.3 is 29.4 Å². The first-order valence-electron chi connectivity index (χ1n) is 12.6. The lowest BCUT2D eigenvalue weighted by Crippen LogP contribution is -2.58. The van der Waals surface area contributed by atoms with Gasteiger partial charge in [-0.15, -0.1) is 0 Å². The Bertz CT molecular complexity index is 843. The van der Waals surface area contributed by atoms with Crippen LogP contribution in [0.4, 0.5) is 4.79 Å². The summed E-state index contributed by atoms with van der Waals surface area (Å²) in [5, 5.41) is 16.0. The number of carbonyl (C=O) groups excluding carboxylic acids is 2. The highest BCUT2D eigenvalue weighted by atomic mass is 16.7. The molecule has 0 spiro atoms. The zero-order valence-electron chi connectivity index (χ0n) is 22.4. The van der Waals surface area contributed by atoms with Crippen molar-refractivity contribution in [3.05, 3.63) is 0 Å². The van der Waals surface area contributed by atoms with E-state index in [0.717, 1.165) is 0 Å². The molecule has 11 heteroatoms. The minimum atomic E-state index is -1.22. The summed E-state index contributed by atoms with van der Waals surface area (Å²) in [7, 11) is -0.345. The second kappa shape index (κ2) is 9.23. The fourth-order valence-corrected chi connectivity index (χ4v) is 5.51. The van der Waals surface area contributed by atoms with Gasteiger partial charge in [-0.3, -0.25) is 14.9 Å². The SMILES string of the molecule is CC(NC(=O)OC(C)(C)C)C(=O)N1C[C@@]2(CCCB3OC(C)(C)C(C)(C)O3)CCN[C@@]2(C(=O)O)C1. The highest BCUT2D eigenvalue weighted by Crippen LogP contribution is 2.50. The topological polar surface area (TPSA) is 126 Å². The zero-order valence-corrected chi connectivity index (χ0v) is 22.4. The number of aliphatic carboxylic acids is 1. The summed E-state index contributed by atoms with van der Waals surface area (Å²) >= 11 is 0. The van der Waals surface area contributed by atoms with Crippen molar-refractivity contribution in [2.45, 2.75) is 109 Å². The van der Waals surface area contributed by atoms with Crippen molar-refractivity contribution < 1.29 is 33.5 Å². The molecule has 0 aliphatic carbocycles. The molecule has 0 aromatic rings. The molecule has 3 fully saturated rings. The van der Waals surface area contributed by atoms with Crippen molar-refractivity contribution >= 4 is 25.1 Å². The molecule has 3 N–H and O–H groups in total. The second-order valence-corrected chi connectivity index (χ2v) is 12.3. The fraction of sp³-hybridized carbons (Fsp3) is 0.875. The Morgan fingerprint density at radius 1 is 1.14 bits per heavy atom. The Balaban J connectivity index is 1.67. The molecule has 0 radical (unpaired) electrons. The quantitative estimate of drug-likeness (QED) is 0.460. The largest absolute Gasteiger partial charge is 0.480 e. The molecule has 1 unspecified atom stereocenters. The third-order valence-corrected chi connectivity index (χ3v) is 8.03. The third-order valence-electron chi connectivity index (χ3n) is 8.03. The molecule has 3 heterocycles. The van der Waals surface area contributed by atoms with E-state index in [1.807, 2.05) is 27.7 Å². The molecule has 0 aromatic heterocycles. The molecule has 0 saturated carbocycles. The number of amides is 2. The van der Waals surface area contributed by atoms with E-state index in [1.165, 1.54) is 0 Å². The van der Waals surface area contributed by atoms with Crippen LogP contribution in [0, 0.1) is 5.41 Å². The van der Waals surface area contributed by atoms with Crippen molar-refractivity contribution in [1.82, 2.24) is 15.5 Å². The molecule has 3 saturated heterocycles. The molecule has 0 aromatic carbocycles. The van der Waals surface area contributed by atoms with Crippen molar-refractivity contribution in [3.63, 3.8) is 0 Å².